The number of sulfonamides is 1. The fourth-order valence-electron chi connectivity index (χ4n) is 3.78. The van der Waals surface area contributed by atoms with Crippen LogP contribution in [-0.4, -0.2) is 45.4 Å². The molecule has 1 amide bonds. The van der Waals surface area contributed by atoms with Gasteiger partial charge in [-0.15, -0.1) is 0 Å². The summed E-state index contributed by atoms with van der Waals surface area (Å²) < 4.78 is 38.6. The van der Waals surface area contributed by atoms with Crippen molar-refractivity contribution in [1.29, 1.82) is 0 Å². The summed E-state index contributed by atoms with van der Waals surface area (Å²) in [5.41, 5.74) is 1.10. The Hall–Kier alpha value is -2.58. The van der Waals surface area contributed by atoms with Crippen molar-refractivity contribution >= 4 is 15.9 Å². The van der Waals surface area contributed by atoms with Gasteiger partial charge in [0, 0.05) is 13.1 Å². The first-order chi connectivity index (χ1) is 15.3. The summed E-state index contributed by atoms with van der Waals surface area (Å²) in [7, 11) is -2.21. The molecule has 1 N–H and O–H groups in total. The average Bonchev–Trinajstić information content (AvgIpc) is 2.79. The van der Waals surface area contributed by atoms with Gasteiger partial charge in [-0.25, -0.2) is 8.42 Å². The largest absolute Gasteiger partial charge is 0.496 e. The molecule has 0 saturated carbocycles. The number of carbonyl (C=O) groups is 1. The molecule has 1 saturated heterocycles. The van der Waals surface area contributed by atoms with Crippen LogP contribution >= 0.6 is 0 Å². The van der Waals surface area contributed by atoms with E-state index in [4.69, 9.17) is 9.47 Å². The lowest BCUT2D eigenvalue weighted by Gasteiger charge is -2.29. The summed E-state index contributed by atoms with van der Waals surface area (Å²) in [5.74, 6) is 1.21. The van der Waals surface area contributed by atoms with E-state index in [0.29, 0.717) is 31.4 Å². The molecule has 1 heterocycles. The van der Waals surface area contributed by atoms with E-state index < -0.39 is 15.9 Å². The summed E-state index contributed by atoms with van der Waals surface area (Å²) in [6, 6.07) is 11.7. The van der Waals surface area contributed by atoms with Gasteiger partial charge < -0.3 is 14.8 Å². The van der Waals surface area contributed by atoms with Crippen LogP contribution in [0.15, 0.2) is 47.4 Å². The van der Waals surface area contributed by atoms with E-state index >= 15 is 0 Å². The topological polar surface area (TPSA) is 84.9 Å². The Morgan fingerprint density at radius 3 is 2.41 bits per heavy atom. The Labute approximate surface area is 190 Å². The molecule has 1 aliphatic heterocycles. The monoisotopic (exact) mass is 460 g/mol. The predicted octanol–water partition coefficient (Wildman–Crippen LogP) is 4.01. The number of benzene rings is 2. The molecule has 1 atom stereocenters. The quantitative estimate of drug-likeness (QED) is 0.644. The van der Waals surface area contributed by atoms with Crippen LogP contribution in [0, 0.1) is 5.92 Å². The summed E-state index contributed by atoms with van der Waals surface area (Å²) in [6.07, 6.45) is 1.67. The molecule has 2 aromatic carbocycles. The number of piperidine rings is 1. The number of hydrogen-bond acceptors (Lipinski definition) is 5. The van der Waals surface area contributed by atoms with Crippen LogP contribution in [0.4, 0.5) is 0 Å². The van der Waals surface area contributed by atoms with Gasteiger partial charge >= 0.3 is 0 Å². The number of rotatable bonds is 8. The Morgan fingerprint density at radius 2 is 1.81 bits per heavy atom. The molecule has 2 aromatic rings. The van der Waals surface area contributed by atoms with Crippen molar-refractivity contribution in [3.8, 4) is 11.5 Å². The van der Waals surface area contributed by atoms with Crippen molar-refractivity contribution in [3.05, 3.63) is 53.6 Å². The lowest BCUT2D eigenvalue weighted by molar-refractivity contribution is 0.0936. The Bertz CT molecular complexity index is 1030. The van der Waals surface area contributed by atoms with Gasteiger partial charge in [-0.05, 0) is 68.5 Å². The molecule has 0 spiro atoms. The predicted molar refractivity (Wildman–Crippen MR) is 124 cm³/mol. The molecule has 1 aliphatic rings. The third-order valence-corrected chi connectivity index (χ3v) is 7.73. The zero-order valence-corrected chi connectivity index (χ0v) is 19.9. The van der Waals surface area contributed by atoms with E-state index in [0.717, 1.165) is 24.2 Å². The van der Waals surface area contributed by atoms with Crippen molar-refractivity contribution in [2.45, 2.75) is 44.6 Å². The molecule has 0 bridgehead atoms. The molecule has 7 nitrogen and oxygen atoms in total. The highest BCUT2D eigenvalue weighted by Gasteiger charge is 2.29. The van der Waals surface area contributed by atoms with Gasteiger partial charge in [-0.2, -0.15) is 4.31 Å². The van der Waals surface area contributed by atoms with Crippen LogP contribution in [0.2, 0.25) is 0 Å². The summed E-state index contributed by atoms with van der Waals surface area (Å²) in [5, 5.41) is 2.93. The number of ether oxygens (including phenoxy) is 2. The maximum atomic E-state index is 13.1. The second kappa shape index (κ2) is 10.4. The van der Waals surface area contributed by atoms with Gasteiger partial charge in [0.15, 0.2) is 0 Å². The maximum absolute atomic E-state index is 13.1. The van der Waals surface area contributed by atoms with Crippen LogP contribution in [0.3, 0.4) is 0 Å². The van der Waals surface area contributed by atoms with Gasteiger partial charge in [0.05, 0.1) is 30.2 Å². The first-order valence-corrected chi connectivity index (χ1v) is 12.4. The number of carbonyl (C=O) groups excluding carboxylic acids is 1. The molecule has 3 rings (SSSR count). The lowest BCUT2D eigenvalue weighted by Crippen LogP contribution is -2.38. The minimum absolute atomic E-state index is 0.103. The fourth-order valence-corrected chi connectivity index (χ4v) is 5.27. The second-order valence-electron chi connectivity index (χ2n) is 8.15. The minimum Gasteiger partial charge on any atom is -0.496 e. The molecule has 32 heavy (non-hydrogen) atoms. The third-order valence-electron chi connectivity index (χ3n) is 5.83. The molecular formula is C24H32N2O5S. The molecule has 0 aromatic heterocycles. The van der Waals surface area contributed by atoms with Crippen molar-refractivity contribution in [3.63, 3.8) is 0 Å². The zero-order valence-electron chi connectivity index (χ0n) is 19.1. The molecule has 1 fully saturated rings. The van der Waals surface area contributed by atoms with E-state index in [9.17, 15) is 13.2 Å². The van der Waals surface area contributed by atoms with Crippen LogP contribution in [0.25, 0.3) is 0 Å². The van der Waals surface area contributed by atoms with Gasteiger partial charge in [0.1, 0.15) is 11.5 Å². The Balaban J connectivity index is 1.80. The smallest absolute Gasteiger partial charge is 0.255 e. The number of hydrogen-bond donors (Lipinski definition) is 1. The number of amides is 1. The standard InChI is InChI=1S/C24H32N2O5S/c1-5-31-20-8-6-19(7-9-20)18(3)25-24(27)22-16-21(10-11-23(22)30-4)32(28,29)26-14-12-17(2)13-15-26/h6-11,16-18H,5,12-15H2,1-4H3,(H,25,27)/t18-/m0/s1. The lowest BCUT2D eigenvalue weighted by atomic mass is 10.0. The van der Waals surface area contributed by atoms with E-state index in [1.165, 1.54) is 29.6 Å². The highest BCUT2D eigenvalue weighted by Crippen LogP contribution is 2.28. The maximum Gasteiger partial charge on any atom is 0.255 e. The summed E-state index contributed by atoms with van der Waals surface area (Å²) in [4.78, 5) is 13.2. The van der Waals surface area contributed by atoms with Gasteiger partial charge in [-0.3, -0.25) is 4.79 Å². The number of nitrogens with zero attached hydrogens (tertiary/aromatic N) is 1. The first kappa shape index (κ1) is 24.1. The molecule has 174 valence electrons. The van der Waals surface area contributed by atoms with Gasteiger partial charge in [0.25, 0.3) is 5.91 Å². The SMILES string of the molecule is CCOc1ccc([C@H](C)NC(=O)c2cc(S(=O)(=O)N3CCC(C)CC3)ccc2OC)cc1. The van der Waals surface area contributed by atoms with Crippen molar-refractivity contribution in [1.82, 2.24) is 9.62 Å². The van der Waals surface area contributed by atoms with Crippen LogP contribution in [-0.2, 0) is 10.0 Å². The average molecular weight is 461 g/mol. The van der Waals surface area contributed by atoms with Gasteiger partial charge in [-0.1, -0.05) is 19.1 Å². The molecule has 8 heteroatoms. The number of methoxy groups -OCH3 is 1. The minimum atomic E-state index is -3.67. The number of nitrogens with one attached hydrogen (secondary N) is 1. The zero-order chi connectivity index (χ0) is 23.3. The van der Waals surface area contributed by atoms with Crippen molar-refractivity contribution in [2.75, 3.05) is 26.8 Å². The third kappa shape index (κ3) is 5.42. The molecular weight excluding hydrogens is 428 g/mol. The van der Waals surface area contributed by atoms with E-state index in [-0.39, 0.29) is 16.5 Å². The molecule has 0 radical (unpaired) electrons. The van der Waals surface area contributed by atoms with E-state index in [2.05, 4.69) is 12.2 Å². The van der Waals surface area contributed by atoms with Crippen LogP contribution in [0.5, 0.6) is 11.5 Å². The highest BCUT2D eigenvalue weighted by molar-refractivity contribution is 7.89. The van der Waals surface area contributed by atoms with Gasteiger partial charge in [0.2, 0.25) is 10.0 Å². The van der Waals surface area contributed by atoms with Crippen LogP contribution in [0.1, 0.15) is 55.6 Å². The van der Waals surface area contributed by atoms with E-state index in [1.807, 2.05) is 38.1 Å². The fraction of sp³-hybridized carbons (Fsp3) is 0.458. The normalized spacial score (nSPS) is 16.4. The first-order valence-electron chi connectivity index (χ1n) is 11.0. The Morgan fingerprint density at radius 1 is 1.16 bits per heavy atom. The summed E-state index contributed by atoms with van der Waals surface area (Å²) in [6.45, 7) is 7.49. The summed E-state index contributed by atoms with van der Waals surface area (Å²) >= 11 is 0. The Kier molecular flexibility index (Phi) is 7.79. The molecule has 0 aliphatic carbocycles. The van der Waals surface area contributed by atoms with Crippen molar-refractivity contribution in [2.24, 2.45) is 5.92 Å². The van der Waals surface area contributed by atoms with Crippen LogP contribution < -0.4 is 14.8 Å². The van der Waals surface area contributed by atoms with Crippen molar-refractivity contribution < 1.29 is 22.7 Å². The highest BCUT2D eigenvalue weighted by atomic mass is 32.2. The second-order valence-corrected chi connectivity index (χ2v) is 10.1. The van der Waals surface area contributed by atoms with E-state index in [1.54, 1.807) is 0 Å². The molecule has 0 unspecified atom stereocenters.